The van der Waals surface area contributed by atoms with E-state index in [1.54, 1.807) is 12.1 Å². The summed E-state index contributed by atoms with van der Waals surface area (Å²) in [7, 11) is 3.83. The lowest BCUT2D eigenvalue weighted by Crippen LogP contribution is -2.31. The molecule has 0 aliphatic heterocycles. The topological polar surface area (TPSA) is 41.3 Å². The summed E-state index contributed by atoms with van der Waals surface area (Å²) in [6.45, 7) is 2.27. The largest absolute Gasteiger partial charge is 0.309 e. The second kappa shape index (κ2) is 6.05. The zero-order chi connectivity index (χ0) is 13.0. The third kappa shape index (κ3) is 3.46. The fourth-order valence-corrected chi connectivity index (χ4v) is 1.65. The number of benzene rings is 1. The lowest BCUT2D eigenvalue weighted by molar-refractivity contribution is 0.356. The van der Waals surface area contributed by atoms with Crippen molar-refractivity contribution < 1.29 is 8.78 Å². The average Bonchev–Trinajstić information content (AvgIpc) is 2.29. The molecule has 0 amide bonds. The molecule has 0 spiro atoms. The van der Waals surface area contributed by atoms with Gasteiger partial charge in [-0.1, -0.05) is 12.1 Å². The highest BCUT2D eigenvalue weighted by Crippen LogP contribution is 2.23. The van der Waals surface area contributed by atoms with Gasteiger partial charge in [-0.2, -0.15) is 0 Å². The van der Waals surface area contributed by atoms with E-state index in [-0.39, 0.29) is 11.6 Å². The van der Waals surface area contributed by atoms with E-state index in [0.29, 0.717) is 12.0 Å². The lowest BCUT2D eigenvalue weighted by atomic mass is 10.0. The second-order valence-corrected chi connectivity index (χ2v) is 4.41. The first-order valence-corrected chi connectivity index (χ1v) is 5.52. The smallest absolute Gasteiger partial charge is 0.163 e. The molecule has 0 radical (unpaired) electrons. The molecule has 5 heteroatoms. The van der Waals surface area contributed by atoms with Crippen molar-refractivity contribution in [3.05, 3.63) is 34.9 Å². The number of nitrogens with one attached hydrogen (secondary N) is 1. The molecule has 1 rings (SSSR count). The minimum absolute atomic E-state index is 0.275. The van der Waals surface area contributed by atoms with Crippen LogP contribution in [0, 0.1) is 18.6 Å². The number of halogens is 2. The third-order valence-corrected chi connectivity index (χ3v) is 2.75. The van der Waals surface area contributed by atoms with Gasteiger partial charge in [0.2, 0.25) is 0 Å². The fourth-order valence-electron chi connectivity index (χ4n) is 1.65. The summed E-state index contributed by atoms with van der Waals surface area (Å²) in [5.41, 5.74) is 3.10. The highest BCUT2D eigenvalue weighted by atomic mass is 19.2. The van der Waals surface area contributed by atoms with Crippen LogP contribution in [0.3, 0.4) is 0 Å². The molecule has 1 atom stereocenters. The average molecular weight is 243 g/mol. The number of aryl methyl sites for hydroxylation is 1. The maximum Gasteiger partial charge on any atom is 0.163 e. The molecule has 0 fully saturated rings. The summed E-state index contributed by atoms with van der Waals surface area (Å²) in [5.74, 6) is 3.78. The van der Waals surface area contributed by atoms with Crippen molar-refractivity contribution in [1.82, 2.24) is 10.3 Å². The van der Waals surface area contributed by atoms with Crippen LogP contribution in [-0.4, -0.2) is 25.5 Å². The standard InChI is InChI=1S/C12H19F2N3/c1-8-4-5-9(12(14)11(8)13)10(16-15)6-7-17(2)3/h4-5,10,16H,6-7,15H2,1-3H3. The van der Waals surface area contributed by atoms with Gasteiger partial charge in [-0.05, 0) is 39.5 Å². The van der Waals surface area contributed by atoms with Gasteiger partial charge in [-0.25, -0.2) is 8.78 Å². The quantitative estimate of drug-likeness (QED) is 0.611. The zero-order valence-corrected chi connectivity index (χ0v) is 10.4. The Kier molecular flexibility index (Phi) is 4.99. The van der Waals surface area contributed by atoms with Gasteiger partial charge in [0, 0.05) is 5.56 Å². The molecule has 0 saturated heterocycles. The number of hydrogen-bond acceptors (Lipinski definition) is 3. The molecule has 0 aromatic heterocycles. The minimum atomic E-state index is -0.813. The molecule has 1 aromatic carbocycles. The van der Waals surface area contributed by atoms with Crippen LogP contribution in [0.2, 0.25) is 0 Å². The Hall–Kier alpha value is -1.04. The molecular weight excluding hydrogens is 224 g/mol. The highest BCUT2D eigenvalue weighted by Gasteiger charge is 2.18. The van der Waals surface area contributed by atoms with Crippen LogP contribution in [0.5, 0.6) is 0 Å². The molecule has 96 valence electrons. The van der Waals surface area contributed by atoms with E-state index >= 15 is 0 Å². The Morgan fingerprint density at radius 3 is 2.47 bits per heavy atom. The summed E-state index contributed by atoms with van der Waals surface area (Å²) in [5, 5.41) is 0. The first-order valence-electron chi connectivity index (χ1n) is 5.52. The summed E-state index contributed by atoms with van der Waals surface area (Å²) >= 11 is 0. The predicted octanol–water partition coefficient (Wildman–Crippen LogP) is 1.73. The molecular formula is C12H19F2N3. The Morgan fingerprint density at radius 2 is 1.94 bits per heavy atom. The fraction of sp³-hybridized carbons (Fsp3) is 0.500. The first-order chi connectivity index (χ1) is 7.97. The van der Waals surface area contributed by atoms with E-state index in [9.17, 15) is 8.78 Å². The first kappa shape index (κ1) is 14.0. The van der Waals surface area contributed by atoms with Gasteiger partial charge in [-0.3, -0.25) is 11.3 Å². The summed E-state index contributed by atoms with van der Waals surface area (Å²) in [6, 6.07) is 2.76. The number of nitrogens with two attached hydrogens (primary N) is 1. The van der Waals surface area contributed by atoms with Gasteiger partial charge in [0.05, 0.1) is 6.04 Å². The maximum absolute atomic E-state index is 13.7. The van der Waals surface area contributed by atoms with E-state index in [0.717, 1.165) is 6.54 Å². The molecule has 0 aliphatic carbocycles. The predicted molar refractivity (Wildman–Crippen MR) is 64.3 cm³/mol. The van der Waals surface area contributed by atoms with Gasteiger partial charge in [-0.15, -0.1) is 0 Å². The molecule has 1 unspecified atom stereocenters. The van der Waals surface area contributed by atoms with Gasteiger partial charge < -0.3 is 4.90 Å². The van der Waals surface area contributed by atoms with E-state index in [2.05, 4.69) is 5.43 Å². The van der Waals surface area contributed by atoms with Gasteiger partial charge in [0.15, 0.2) is 11.6 Å². The Bertz CT molecular complexity index is 380. The molecule has 3 N–H and O–H groups in total. The van der Waals surface area contributed by atoms with Crippen LogP contribution in [0.15, 0.2) is 12.1 Å². The molecule has 0 aliphatic rings. The number of hydrogen-bond donors (Lipinski definition) is 2. The van der Waals surface area contributed by atoms with Crippen LogP contribution in [0.4, 0.5) is 8.78 Å². The summed E-state index contributed by atoms with van der Waals surface area (Å²) < 4.78 is 27.2. The van der Waals surface area contributed by atoms with E-state index < -0.39 is 11.6 Å². The highest BCUT2D eigenvalue weighted by molar-refractivity contribution is 5.27. The third-order valence-electron chi connectivity index (χ3n) is 2.75. The Morgan fingerprint density at radius 1 is 1.29 bits per heavy atom. The van der Waals surface area contributed by atoms with Crippen LogP contribution >= 0.6 is 0 Å². The van der Waals surface area contributed by atoms with Crippen LogP contribution < -0.4 is 11.3 Å². The summed E-state index contributed by atoms with van der Waals surface area (Å²) in [4.78, 5) is 1.97. The maximum atomic E-state index is 13.7. The molecule has 0 bridgehead atoms. The van der Waals surface area contributed by atoms with Crippen LogP contribution in [-0.2, 0) is 0 Å². The van der Waals surface area contributed by atoms with Crippen molar-refractivity contribution in [3.63, 3.8) is 0 Å². The van der Waals surface area contributed by atoms with Gasteiger partial charge in [0.1, 0.15) is 0 Å². The lowest BCUT2D eigenvalue weighted by Gasteiger charge is -2.19. The van der Waals surface area contributed by atoms with Crippen LogP contribution in [0.25, 0.3) is 0 Å². The molecule has 3 nitrogen and oxygen atoms in total. The van der Waals surface area contributed by atoms with Gasteiger partial charge in [0.25, 0.3) is 0 Å². The SMILES string of the molecule is Cc1ccc(C(CCN(C)C)NN)c(F)c1F. The van der Waals surface area contributed by atoms with Crippen LogP contribution in [0.1, 0.15) is 23.6 Å². The van der Waals surface area contributed by atoms with E-state index in [1.807, 2.05) is 19.0 Å². The normalized spacial score (nSPS) is 13.1. The molecule has 1 aromatic rings. The number of nitrogens with zero attached hydrogens (tertiary/aromatic N) is 1. The van der Waals surface area contributed by atoms with Crippen molar-refractivity contribution in [1.29, 1.82) is 0 Å². The molecule has 17 heavy (non-hydrogen) atoms. The van der Waals surface area contributed by atoms with Crippen molar-refractivity contribution >= 4 is 0 Å². The Balaban J connectivity index is 2.92. The van der Waals surface area contributed by atoms with Crippen molar-refractivity contribution in [3.8, 4) is 0 Å². The zero-order valence-electron chi connectivity index (χ0n) is 10.4. The monoisotopic (exact) mass is 243 g/mol. The van der Waals surface area contributed by atoms with E-state index in [4.69, 9.17) is 5.84 Å². The van der Waals surface area contributed by atoms with Crippen molar-refractivity contribution in [2.24, 2.45) is 5.84 Å². The van der Waals surface area contributed by atoms with E-state index in [1.165, 1.54) is 6.92 Å². The second-order valence-electron chi connectivity index (χ2n) is 4.41. The summed E-state index contributed by atoms with van der Waals surface area (Å²) in [6.07, 6.45) is 0.614. The number of rotatable bonds is 5. The molecule has 0 saturated carbocycles. The van der Waals surface area contributed by atoms with Crippen molar-refractivity contribution in [2.45, 2.75) is 19.4 Å². The molecule has 0 heterocycles. The number of hydrazine groups is 1. The van der Waals surface area contributed by atoms with Gasteiger partial charge >= 0.3 is 0 Å². The Labute approximate surface area is 101 Å². The minimum Gasteiger partial charge on any atom is -0.309 e. The van der Waals surface area contributed by atoms with Crippen molar-refractivity contribution in [2.75, 3.05) is 20.6 Å².